The Hall–Kier alpha value is -0.570. The van der Waals surface area contributed by atoms with Gasteiger partial charge in [0.2, 0.25) is 5.91 Å². The van der Waals surface area contributed by atoms with Gasteiger partial charge >= 0.3 is 0 Å². The number of carbonyl (C=O) groups excluding carboxylic acids is 1. The van der Waals surface area contributed by atoms with Crippen LogP contribution in [-0.2, 0) is 9.53 Å². The summed E-state index contributed by atoms with van der Waals surface area (Å²) in [4.78, 5) is 10.0. The Morgan fingerprint density at radius 3 is 2.75 bits per heavy atom. The van der Waals surface area contributed by atoms with E-state index in [2.05, 4.69) is 0 Å². The topological polar surface area (TPSA) is 52.3 Å². The lowest BCUT2D eigenvalue weighted by atomic mass is 10.4. The van der Waals surface area contributed by atoms with Crippen LogP contribution < -0.4 is 5.73 Å². The Morgan fingerprint density at radius 2 is 2.38 bits per heavy atom. The van der Waals surface area contributed by atoms with Gasteiger partial charge in [-0.25, -0.2) is 0 Å². The third-order valence-electron chi connectivity index (χ3n) is 0.697. The normalized spacial score (nSPS) is 9.12. The fraction of sp³-hybridized carbons (Fsp3) is 0.800. The number of hydrogen-bond donors (Lipinski definition) is 1. The first-order valence-electron chi connectivity index (χ1n) is 2.63. The predicted molar refractivity (Wildman–Crippen MR) is 30.3 cm³/mol. The highest BCUT2D eigenvalue weighted by Gasteiger charge is 1.90. The third-order valence-corrected chi connectivity index (χ3v) is 0.697. The van der Waals surface area contributed by atoms with E-state index in [1.807, 2.05) is 6.92 Å². The highest BCUT2D eigenvalue weighted by molar-refractivity contribution is 5.73. The van der Waals surface area contributed by atoms with Gasteiger partial charge in [0.05, 0.1) is 6.61 Å². The fourth-order valence-corrected chi connectivity index (χ4v) is 0.317. The van der Waals surface area contributed by atoms with Crippen molar-refractivity contribution in [2.24, 2.45) is 5.73 Å². The van der Waals surface area contributed by atoms with Crippen LogP contribution >= 0.6 is 0 Å². The molecule has 0 aromatic heterocycles. The van der Waals surface area contributed by atoms with Gasteiger partial charge in [0.25, 0.3) is 0 Å². The second kappa shape index (κ2) is 4.59. The van der Waals surface area contributed by atoms with Crippen molar-refractivity contribution < 1.29 is 9.53 Å². The molecule has 0 aliphatic rings. The lowest BCUT2D eigenvalue weighted by molar-refractivity contribution is -0.119. The first kappa shape index (κ1) is 7.43. The minimum absolute atomic E-state index is 0.307. The quantitative estimate of drug-likeness (QED) is 0.523. The molecule has 0 spiro atoms. The molecule has 3 nitrogen and oxygen atoms in total. The molecule has 0 aromatic carbocycles. The van der Waals surface area contributed by atoms with E-state index >= 15 is 0 Å². The number of nitrogens with two attached hydrogens (primary N) is 1. The molecule has 0 rings (SSSR count). The predicted octanol–water partition coefficient (Wildman–Crippen LogP) is -0.102. The van der Waals surface area contributed by atoms with Gasteiger partial charge in [0.15, 0.2) is 0 Å². The van der Waals surface area contributed by atoms with Crippen molar-refractivity contribution in [3.8, 4) is 0 Å². The summed E-state index contributed by atoms with van der Waals surface area (Å²) in [7, 11) is 0. The molecular weight excluding hydrogens is 106 g/mol. The van der Waals surface area contributed by atoms with Gasteiger partial charge in [0, 0.05) is 13.0 Å². The Balaban J connectivity index is 2.82. The standard InChI is InChI=1S/C5H11NO2/c1-2-8-4-3-5(6)7/h2-4H2,1H3,(H2,6,7). The van der Waals surface area contributed by atoms with Crippen molar-refractivity contribution in [3.05, 3.63) is 0 Å². The summed E-state index contributed by atoms with van der Waals surface area (Å²) in [5, 5.41) is 0. The SMILES string of the molecule is CCOCCC(N)=O. The van der Waals surface area contributed by atoms with Crippen LogP contribution in [0.2, 0.25) is 0 Å². The first-order valence-corrected chi connectivity index (χ1v) is 2.63. The van der Waals surface area contributed by atoms with Crippen LogP contribution in [-0.4, -0.2) is 19.1 Å². The molecule has 0 unspecified atom stereocenters. The molecule has 1 amide bonds. The Labute approximate surface area is 48.8 Å². The van der Waals surface area contributed by atoms with Crippen LogP contribution in [0.5, 0.6) is 0 Å². The summed E-state index contributed by atoms with van der Waals surface area (Å²) in [6, 6.07) is 0. The fourth-order valence-electron chi connectivity index (χ4n) is 0.317. The maximum atomic E-state index is 10.0. The largest absolute Gasteiger partial charge is 0.381 e. The van der Waals surface area contributed by atoms with Crippen molar-refractivity contribution in [3.63, 3.8) is 0 Å². The molecule has 0 radical (unpaired) electrons. The average Bonchev–Trinajstić information content (AvgIpc) is 1.66. The van der Waals surface area contributed by atoms with Crippen molar-refractivity contribution >= 4 is 5.91 Å². The summed E-state index contributed by atoms with van der Waals surface area (Å²) < 4.78 is 4.84. The molecule has 0 aromatic rings. The molecule has 0 aliphatic heterocycles. The second-order valence-corrected chi connectivity index (χ2v) is 1.41. The van der Waals surface area contributed by atoms with Crippen LogP contribution in [0.25, 0.3) is 0 Å². The van der Waals surface area contributed by atoms with Gasteiger partial charge in [0.1, 0.15) is 0 Å². The first-order chi connectivity index (χ1) is 3.77. The van der Waals surface area contributed by atoms with Crippen molar-refractivity contribution in [1.29, 1.82) is 0 Å². The molecule has 48 valence electrons. The van der Waals surface area contributed by atoms with Crippen LogP contribution in [0, 0.1) is 0 Å². The van der Waals surface area contributed by atoms with E-state index in [-0.39, 0.29) is 5.91 Å². The molecule has 0 saturated heterocycles. The van der Waals surface area contributed by atoms with Crippen LogP contribution in [0.3, 0.4) is 0 Å². The molecule has 8 heavy (non-hydrogen) atoms. The average molecular weight is 117 g/mol. The number of rotatable bonds is 4. The zero-order valence-corrected chi connectivity index (χ0v) is 5.02. The van der Waals surface area contributed by atoms with Gasteiger partial charge in [-0.05, 0) is 6.92 Å². The zero-order chi connectivity index (χ0) is 6.41. The maximum absolute atomic E-state index is 10.0. The lowest BCUT2D eigenvalue weighted by Crippen LogP contribution is -2.13. The Morgan fingerprint density at radius 1 is 1.75 bits per heavy atom. The number of primary amides is 1. The molecule has 0 aliphatic carbocycles. The van der Waals surface area contributed by atoms with Gasteiger partial charge in [-0.1, -0.05) is 0 Å². The van der Waals surface area contributed by atoms with Gasteiger partial charge < -0.3 is 10.5 Å². The van der Waals surface area contributed by atoms with Crippen LogP contribution in [0.4, 0.5) is 0 Å². The van der Waals surface area contributed by atoms with Crippen LogP contribution in [0.1, 0.15) is 13.3 Å². The van der Waals surface area contributed by atoms with E-state index in [9.17, 15) is 4.79 Å². The summed E-state index contributed by atoms with van der Waals surface area (Å²) in [6.45, 7) is 2.97. The van der Waals surface area contributed by atoms with E-state index in [1.165, 1.54) is 0 Å². The zero-order valence-electron chi connectivity index (χ0n) is 5.02. The Bertz CT molecular complexity index is 72.8. The van der Waals surface area contributed by atoms with Gasteiger partial charge in [-0.15, -0.1) is 0 Å². The maximum Gasteiger partial charge on any atom is 0.219 e. The van der Waals surface area contributed by atoms with Crippen LogP contribution in [0.15, 0.2) is 0 Å². The monoisotopic (exact) mass is 117 g/mol. The highest BCUT2D eigenvalue weighted by Crippen LogP contribution is 1.78. The molecule has 0 bridgehead atoms. The van der Waals surface area contributed by atoms with E-state index in [1.54, 1.807) is 0 Å². The summed E-state index contributed by atoms with van der Waals surface area (Å²) in [5.41, 5.74) is 4.81. The minimum atomic E-state index is -0.307. The summed E-state index contributed by atoms with van der Waals surface area (Å²) >= 11 is 0. The van der Waals surface area contributed by atoms with E-state index in [4.69, 9.17) is 10.5 Å². The molecule has 0 fully saturated rings. The van der Waals surface area contributed by atoms with E-state index < -0.39 is 0 Å². The van der Waals surface area contributed by atoms with Crippen molar-refractivity contribution in [2.75, 3.05) is 13.2 Å². The number of ether oxygens (including phenoxy) is 1. The Kier molecular flexibility index (Phi) is 4.26. The minimum Gasteiger partial charge on any atom is -0.381 e. The highest BCUT2D eigenvalue weighted by atomic mass is 16.5. The number of hydrogen-bond acceptors (Lipinski definition) is 2. The molecule has 0 atom stereocenters. The van der Waals surface area contributed by atoms with E-state index in [0.29, 0.717) is 19.6 Å². The number of amides is 1. The lowest BCUT2D eigenvalue weighted by Gasteiger charge is -1.94. The van der Waals surface area contributed by atoms with Gasteiger partial charge in [-0.2, -0.15) is 0 Å². The number of carbonyl (C=O) groups is 1. The van der Waals surface area contributed by atoms with Gasteiger partial charge in [-0.3, -0.25) is 4.79 Å². The molecule has 2 N–H and O–H groups in total. The molecule has 3 heteroatoms. The third kappa shape index (κ3) is 5.43. The smallest absolute Gasteiger partial charge is 0.219 e. The summed E-state index contributed by atoms with van der Waals surface area (Å²) in [5.74, 6) is -0.307. The molecular formula is C5H11NO2. The van der Waals surface area contributed by atoms with Crippen molar-refractivity contribution in [2.45, 2.75) is 13.3 Å². The molecule has 0 heterocycles. The van der Waals surface area contributed by atoms with E-state index in [0.717, 1.165) is 0 Å². The second-order valence-electron chi connectivity index (χ2n) is 1.41. The molecule has 0 saturated carbocycles. The van der Waals surface area contributed by atoms with Crippen molar-refractivity contribution in [1.82, 2.24) is 0 Å². The summed E-state index contributed by atoms with van der Waals surface area (Å²) in [6.07, 6.45) is 0.327.